The maximum Gasteiger partial charge on any atom is 3.00 e. The Balaban J connectivity index is -0.0000000133. The fourth-order valence-electron chi connectivity index (χ4n) is 0. The van der Waals surface area contributed by atoms with Gasteiger partial charge in [-0.15, -0.1) is 26.3 Å². The van der Waals surface area contributed by atoms with Gasteiger partial charge < -0.3 is 0 Å². The van der Waals surface area contributed by atoms with Crippen molar-refractivity contribution in [2.24, 2.45) is 0 Å². The van der Waals surface area contributed by atoms with Crippen molar-refractivity contribution < 1.29 is 39.9 Å². The molecule has 0 spiro atoms. The molecule has 0 saturated carbocycles. The molecule has 0 heterocycles. The van der Waals surface area contributed by atoms with Crippen LogP contribution in [0.4, 0.5) is 0 Å². The summed E-state index contributed by atoms with van der Waals surface area (Å²) in [6.07, 6.45) is 0. The normalized spacial score (nSPS) is 1.60. The first-order valence-electron chi connectivity index (χ1n) is 1.000. The van der Waals surface area contributed by atoms with Crippen LogP contribution in [-0.4, -0.2) is 0 Å². The van der Waals surface area contributed by atoms with Gasteiger partial charge in [0.1, 0.15) is 0 Å². The van der Waals surface area contributed by atoms with Crippen molar-refractivity contribution in [2.45, 2.75) is 0 Å². The van der Waals surface area contributed by atoms with Crippen molar-refractivity contribution in [2.75, 3.05) is 0 Å². The first kappa shape index (κ1) is 17.0. The fraction of sp³-hybridized carbons (Fsp3) is 0. The van der Waals surface area contributed by atoms with Gasteiger partial charge in [-0.1, -0.05) is 0 Å². The molecule has 0 fully saturated rings. The second-order valence-electron chi connectivity index (χ2n) is 0. The Bertz CT molecular complexity index is 5.61. The molecule has 0 aromatic carbocycles. The van der Waals surface area contributed by atoms with Crippen molar-refractivity contribution in [3.63, 3.8) is 0 Å². The minimum atomic E-state index is 0. The van der Waals surface area contributed by atoms with Crippen LogP contribution < -0.4 is 0 Å². The molecular formula is C4H8Gd+3. The van der Waals surface area contributed by atoms with Gasteiger partial charge in [0.15, 0.2) is 0 Å². The van der Waals surface area contributed by atoms with Gasteiger partial charge in [0.05, 0.1) is 0 Å². The van der Waals surface area contributed by atoms with E-state index < -0.39 is 0 Å². The molecule has 0 atom stereocenters. The molecule has 1 heteroatoms. The fourth-order valence-corrected chi connectivity index (χ4v) is 0. The predicted octanol–water partition coefficient (Wildman–Crippen LogP) is 1.60. The molecule has 0 aromatic heterocycles. The van der Waals surface area contributed by atoms with Crippen molar-refractivity contribution in [3.8, 4) is 0 Å². The standard InChI is InChI=1S/2C2H4.Gd/c2*1-2;/h2*1-2H2;/q;;+3. The molecule has 0 aliphatic heterocycles. The summed E-state index contributed by atoms with van der Waals surface area (Å²) in [4.78, 5) is 0. The molecular weight excluding hydrogens is 205 g/mol. The van der Waals surface area contributed by atoms with Crippen LogP contribution in [0.3, 0.4) is 0 Å². The largest absolute Gasteiger partial charge is 3.00 e. The third kappa shape index (κ3) is 58.4. The van der Waals surface area contributed by atoms with Gasteiger partial charge in [-0.3, -0.25) is 0 Å². The van der Waals surface area contributed by atoms with Crippen LogP contribution in [-0.2, 0) is 0 Å². The Morgan fingerprint density at radius 1 is 0.600 bits per heavy atom. The number of hydrogen-bond donors (Lipinski definition) is 0. The molecule has 0 aliphatic carbocycles. The average Bonchev–Trinajstić information content (AvgIpc) is 1.50. The SMILES string of the molecule is C=C.C=C.[Gd+3]. The molecule has 0 amide bonds. The quantitative estimate of drug-likeness (QED) is 0.536. The summed E-state index contributed by atoms with van der Waals surface area (Å²) in [5, 5.41) is 0. The Kier molecular flexibility index (Phi) is 366. The van der Waals surface area contributed by atoms with E-state index in [9.17, 15) is 0 Å². The first-order valence-corrected chi connectivity index (χ1v) is 1.000. The predicted molar refractivity (Wildman–Crippen MR) is 22.5 cm³/mol. The van der Waals surface area contributed by atoms with Crippen LogP contribution >= 0.6 is 0 Å². The van der Waals surface area contributed by atoms with Crippen LogP contribution in [0, 0.1) is 39.9 Å². The second kappa shape index (κ2) is 107. The number of rotatable bonds is 0. The molecule has 0 aromatic rings. The van der Waals surface area contributed by atoms with Gasteiger partial charge in [0, 0.05) is 0 Å². The second-order valence-corrected chi connectivity index (χ2v) is 0. The van der Waals surface area contributed by atoms with Crippen molar-refractivity contribution in [1.82, 2.24) is 0 Å². The molecule has 0 bridgehead atoms. The van der Waals surface area contributed by atoms with E-state index in [-0.39, 0.29) is 39.9 Å². The monoisotopic (exact) mass is 214 g/mol. The summed E-state index contributed by atoms with van der Waals surface area (Å²) in [5.74, 6) is 0. The van der Waals surface area contributed by atoms with E-state index >= 15 is 0 Å². The maximum absolute atomic E-state index is 3.00. The zero-order chi connectivity index (χ0) is 4.00. The first-order chi connectivity index (χ1) is 2.00. The van der Waals surface area contributed by atoms with Crippen LogP contribution in [0.2, 0.25) is 0 Å². The third-order valence-corrected chi connectivity index (χ3v) is 0. The molecule has 0 unspecified atom stereocenters. The molecule has 29 valence electrons. The van der Waals surface area contributed by atoms with E-state index in [0.717, 1.165) is 0 Å². The Labute approximate surface area is 65.6 Å². The van der Waals surface area contributed by atoms with Crippen molar-refractivity contribution >= 4 is 0 Å². The van der Waals surface area contributed by atoms with Gasteiger partial charge in [-0.25, -0.2) is 0 Å². The van der Waals surface area contributed by atoms with Gasteiger partial charge in [-0.2, -0.15) is 0 Å². The summed E-state index contributed by atoms with van der Waals surface area (Å²) in [7, 11) is 0. The minimum Gasteiger partial charge on any atom is -0.106 e. The van der Waals surface area contributed by atoms with Crippen LogP contribution in [0.25, 0.3) is 0 Å². The molecule has 5 heavy (non-hydrogen) atoms. The van der Waals surface area contributed by atoms with Crippen molar-refractivity contribution in [3.05, 3.63) is 26.3 Å². The van der Waals surface area contributed by atoms with Gasteiger partial charge in [-0.05, 0) is 0 Å². The van der Waals surface area contributed by atoms with E-state index in [1.165, 1.54) is 0 Å². The minimum absolute atomic E-state index is 0. The van der Waals surface area contributed by atoms with Crippen LogP contribution in [0.1, 0.15) is 0 Å². The van der Waals surface area contributed by atoms with Crippen LogP contribution in [0.15, 0.2) is 26.3 Å². The van der Waals surface area contributed by atoms with Crippen molar-refractivity contribution in [1.29, 1.82) is 0 Å². The molecule has 0 N–H and O–H groups in total. The maximum atomic E-state index is 3.00. The zero-order valence-electron chi connectivity index (χ0n) is 3.18. The molecule has 1 radical (unpaired) electrons. The topological polar surface area (TPSA) is 0 Å². The third-order valence-electron chi connectivity index (χ3n) is 0. The summed E-state index contributed by atoms with van der Waals surface area (Å²) in [6, 6.07) is 0. The van der Waals surface area contributed by atoms with E-state index in [0.29, 0.717) is 0 Å². The Morgan fingerprint density at radius 3 is 0.600 bits per heavy atom. The summed E-state index contributed by atoms with van der Waals surface area (Å²) in [6.45, 7) is 12.0. The van der Waals surface area contributed by atoms with E-state index in [2.05, 4.69) is 26.3 Å². The van der Waals surface area contributed by atoms with E-state index in [4.69, 9.17) is 0 Å². The van der Waals surface area contributed by atoms with Crippen LogP contribution in [0.5, 0.6) is 0 Å². The molecule has 0 nitrogen and oxygen atoms in total. The Hall–Kier alpha value is 0.805. The summed E-state index contributed by atoms with van der Waals surface area (Å²) in [5.41, 5.74) is 0. The average molecular weight is 213 g/mol. The van der Waals surface area contributed by atoms with Gasteiger partial charge in [0.2, 0.25) is 0 Å². The molecule has 0 aliphatic rings. The van der Waals surface area contributed by atoms with E-state index in [1.54, 1.807) is 0 Å². The Morgan fingerprint density at radius 2 is 0.600 bits per heavy atom. The summed E-state index contributed by atoms with van der Waals surface area (Å²) >= 11 is 0. The smallest absolute Gasteiger partial charge is 0.106 e. The zero-order valence-corrected chi connectivity index (χ0v) is 5.45. The van der Waals surface area contributed by atoms with E-state index in [1.807, 2.05) is 0 Å². The number of hydrogen-bond acceptors (Lipinski definition) is 0. The van der Waals surface area contributed by atoms with Gasteiger partial charge in [0.25, 0.3) is 0 Å². The molecule has 0 rings (SSSR count). The molecule has 0 saturated heterocycles. The van der Waals surface area contributed by atoms with Gasteiger partial charge >= 0.3 is 39.9 Å². The summed E-state index contributed by atoms with van der Waals surface area (Å²) < 4.78 is 0.